The van der Waals surface area contributed by atoms with E-state index in [0.717, 1.165) is 11.1 Å². The predicted octanol–water partition coefficient (Wildman–Crippen LogP) is 3.41. The van der Waals surface area contributed by atoms with Crippen LogP contribution < -0.4 is 0 Å². The maximum absolute atomic E-state index is 9.34. The van der Waals surface area contributed by atoms with Gasteiger partial charge in [-0.2, -0.15) is 5.26 Å². The van der Waals surface area contributed by atoms with E-state index in [1.807, 2.05) is 30.3 Å². The Labute approximate surface area is 138 Å². The Bertz CT molecular complexity index is 1040. The SMILES string of the molecule is N#Cc1nnn(Cc2cccc3ccccc23)c1-c1cccnc1. The minimum atomic E-state index is 0.309. The highest BCUT2D eigenvalue weighted by molar-refractivity contribution is 5.85. The van der Waals surface area contributed by atoms with Crippen LogP contribution in [0.2, 0.25) is 0 Å². The molecular weight excluding hydrogens is 298 g/mol. The number of nitrogens with zero attached hydrogens (tertiary/aromatic N) is 5. The van der Waals surface area contributed by atoms with Crippen molar-refractivity contribution in [2.24, 2.45) is 0 Å². The monoisotopic (exact) mass is 311 g/mol. The standard InChI is InChI=1S/C19H13N5/c20-11-18-19(15-8-4-10-21-12-15)24(23-22-18)13-16-7-3-6-14-5-1-2-9-17(14)16/h1-10,12H,13H2. The second-order valence-electron chi connectivity index (χ2n) is 5.44. The Morgan fingerprint density at radius 2 is 1.88 bits per heavy atom. The van der Waals surface area contributed by atoms with Crippen LogP contribution in [0.1, 0.15) is 11.3 Å². The minimum Gasteiger partial charge on any atom is -0.264 e. The van der Waals surface area contributed by atoms with E-state index in [-0.39, 0.29) is 0 Å². The molecular formula is C19H13N5. The van der Waals surface area contributed by atoms with Gasteiger partial charge in [0.2, 0.25) is 0 Å². The number of hydrogen-bond acceptors (Lipinski definition) is 4. The van der Waals surface area contributed by atoms with Crippen molar-refractivity contribution in [1.82, 2.24) is 20.0 Å². The smallest absolute Gasteiger partial charge is 0.190 e. The topological polar surface area (TPSA) is 67.4 Å². The quantitative estimate of drug-likeness (QED) is 0.581. The van der Waals surface area contributed by atoms with Crippen LogP contribution in [0.3, 0.4) is 0 Å². The Morgan fingerprint density at radius 1 is 1.00 bits per heavy atom. The second kappa shape index (κ2) is 5.94. The normalized spacial score (nSPS) is 10.6. The van der Waals surface area contributed by atoms with Crippen molar-refractivity contribution in [3.63, 3.8) is 0 Å². The molecule has 0 unspecified atom stereocenters. The Kier molecular flexibility index (Phi) is 3.49. The average Bonchev–Trinajstić information content (AvgIpc) is 3.05. The number of benzene rings is 2. The van der Waals surface area contributed by atoms with Gasteiger partial charge in [0.15, 0.2) is 5.69 Å². The van der Waals surface area contributed by atoms with E-state index in [0.29, 0.717) is 17.9 Å². The second-order valence-corrected chi connectivity index (χ2v) is 5.44. The molecule has 0 atom stereocenters. The lowest BCUT2D eigenvalue weighted by atomic mass is 10.0. The van der Waals surface area contributed by atoms with Crippen molar-refractivity contribution in [1.29, 1.82) is 5.26 Å². The Morgan fingerprint density at radius 3 is 2.71 bits per heavy atom. The first-order valence-electron chi connectivity index (χ1n) is 7.57. The van der Waals surface area contributed by atoms with Crippen molar-refractivity contribution < 1.29 is 0 Å². The van der Waals surface area contributed by atoms with Crippen LogP contribution in [0.5, 0.6) is 0 Å². The summed E-state index contributed by atoms with van der Waals surface area (Å²) < 4.78 is 1.76. The summed E-state index contributed by atoms with van der Waals surface area (Å²) in [7, 11) is 0. The van der Waals surface area contributed by atoms with Crippen LogP contribution in [-0.4, -0.2) is 20.0 Å². The van der Waals surface area contributed by atoms with Gasteiger partial charge in [0, 0.05) is 18.0 Å². The fraction of sp³-hybridized carbons (Fsp3) is 0.0526. The lowest BCUT2D eigenvalue weighted by Gasteiger charge is -2.09. The summed E-state index contributed by atoms with van der Waals surface area (Å²) >= 11 is 0. The lowest BCUT2D eigenvalue weighted by Crippen LogP contribution is -2.05. The average molecular weight is 311 g/mol. The highest BCUT2D eigenvalue weighted by Gasteiger charge is 2.15. The van der Waals surface area contributed by atoms with Gasteiger partial charge in [-0.05, 0) is 28.5 Å². The van der Waals surface area contributed by atoms with E-state index < -0.39 is 0 Å². The molecule has 4 aromatic rings. The van der Waals surface area contributed by atoms with Crippen LogP contribution in [0, 0.1) is 11.3 Å². The third-order valence-electron chi connectivity index (χ3n) is 3.98. The van der Waals surface area contributed by atoms with Gasteiger partial charge in [0.1, 0.15) is 11.8 Å². The van der Waals surface area contributed by atoms with Crippen LogP contribution in [0.4, 0.5) is 0 Å². The fourth-order valence-corrected chi connectivity index (χ4v) is 2.88. The Balaban J connectivity index is 1.84. The molecule has 2 aromatic heterocycles. The van der Waals surface area contributed by atoms with Gasteiger partial charge in [0.25, 0.3) is 0 Å². The molecule has 0 aliphatic heterocycles. The summed E-state index contributed by atoms with van der Waals surface area (Å²) in [6, 6.07) is 20.3. The summed E-state index contributed by atoms with van der Waals surface area (Å²) in [5.74, 6) is 0. The molecule has 114 valence electrons. The molecule has 24 heavy (non-hydrogen) atoms. The molecule has 4 rings (SSSR count). The first-order chi connectivity index (χ1) is 11.9. The predicted molar refractivity (Wildman–Crippen MR) is 91.0 cm³/mol. The molecule has 5 nitrogen and oxygen atoms in total. The van der Waals surface area contributed by atoms with Gasteiger partial charge in [-0.3, -0.25) is 4.98 Å². The molecule has 0 saturated heterocycles. The maximum Gasteiger partial charge on any atom is 0.190 e. The molecule has 0 bridgehead atoms. The van der Waals surface area contributed by atoms with Gasteiger partial charge in [-0.25, -0.2) is 4.68 Å². The largest absolute Gasteiger partial charge is 0.264 e. The van der Waals surface area contributed by atoms with Crippen molar-refractivity contribution in [3.05, 3.63) is 78.2 Å². The van der Waals surface area contributed by atoms with E-state index in [1.54, 1.807) is 17.1 Å². The first-order valence-corrected chi connectivity index (χ1v) is 7.57. The summed E-state index contributed by atoms with van der Waals surface area (Å²) in [6.07, 6.45) is 3.42. The van der Waals surface area contributed by atoms with Crippen molar-refractivity contribution >= 4 is 10.8 Å². The van der Waals surface area contributed by atoms with E-state index >= 15 is 0 Å². The number of hydrogen-bond donors (Lipinski definition) is 0. The summed E-state index contributed by atoms with van der Waals surface area (Å²) in [6.45, 7) is 0.542. The van der Waals surface area contributed by atoms with Crippen molar-refractivity contribution in [2.75, 3.05) is 0 Å². The number of rotatable bonds is 3. The van der Waals surface area contributed by atoms with Gasteiger partial charge in [-0.1, -0.05) is 47.7 Å². The van der Waals surface area contributed by atoms with Crippen molar-refractivity contribution in [2.45, 2.75) is 6.54 Å². The number of aromatic nitrogens is 4. The zero-order valence-corrected chi connectivity index (χ0v) is 12.8. The molecule has 0 aliphatic rings. The summed E-state index contributed by atoms with van der Waals surface area (Å²) in [4.78, 5) is 4.14. The molecule has 0 radical (unpaired) electrons. The first kappa shape index (κ1) is 14.1. The van der Waals surface area contributed by atoms with Crippen LogP contribution in [0.15, 0.2) is 67.0 Å². The van der Waals surface area contributed by atoms with Crippen LogP contribution in [0.25, 0.3) is 22.0 Å². The van der Waals surface area contributed by atoms with E-state index in [4.69, 9.17) is 0 Å². The van der Waals surface area contributed by atoms with Gasteiger partial charge in [-0.15, -0.1) is 5.10 Å². The molecule has 0 spiro atoms. The zero-order valence-electron chi connectivity index (χ0n) is 12.8. The van der Waals surface area contributed by atoms with Gasteiger partial charge in [0.05, 0.1) is 6.54 Å². The summed E-state index contributed by atoms with van der Waals surface area (Å²) in [5.41, 5.74) is 2.97. The van der Waals surface area contributed by atoms with Crippen LogP contribution in [-0.2, 0) is 6.54 Å². The fourth-order valence-electron chi connectivity index (χ4n) is 2.88. The molecule has 0 saturated carbocycles. The van der Waals surface area contributed by atoms with Gasteiger partial charge < -0.3 is 0 Å². The van der Waals surface area contributed by atoms with Crippen molar-refractivity contribution in [3.8, 4) is 17.3 Å². The molecule has 0 aliphatic carbocycles. The van der Waals surface area contributed by atoms with E-state index in [2.05, 4.69) is 45.6 Å². The highest BCUT2D eigenvalue weighted by atomic mass is 15.4. The lowest BCUT2D eigenvalue weighted by molar-refractivity contribution is 0.658. The molecule has 2 heterocycles. The maximum atomic E-state index is 9.34. The number of pyridine rings is 1. The number of fused-ring (bicyclic) bond motifs is 1. The zero-order chi connectivity index (χ0) is 16.4. The molecule has 0 fully saturated rings. The van der Waals surface area contributed by atoms with Crippen LogP contribution >= 0.6 is 0 Å². The highest BCUT2D eigenvalue weighted by Crippen LogP contribution is 2.24. The molecule has 0 amide bonds. The molecule has 0 N–H and O–H groups in total. The summed E-state index contributed by atoms with van der Waals surface area (Å²) in [5, 5.41) is 19.9. The minimum absolute atomic E-state index is 0.309. The Hall–Kier alpha value is -3.52. The van der Waals surface area contributed by atoms with E-state index in [9.17, 15) is 5.26 Å². The van der Waals surface area contributed by atoms with E-state index in [1.165, 1.54) is 10.8 Å². The third-order valence-corrected chi connectivity index (χ3v) is 3.98. The number of nitriles is 1. The molecule has 5 heteroatoms. The van der Waals surface area contributed by atoms with Gasteiger partial charge >= 0.3 is 0 Å². The molecule has 2 aromatic carbocycles. The third kappa shape index (κ3) is 2.40.